The van der Waals surface area contributed by atoms with Gasteiger partial charge in [0.05, 0.1) is 24.9 Å². The number of carboxylic acid groups (broad SMARTS) is 1. The predicted molar refractivity (Wildman–Crippen MR) is 367 cm³/mol. The van der Waals surface area contributed by atoms with E-state index in [1.165, 1.54) is 79.7 Å². The van der Waals surface area contributed by atoms with Crippen LogP contribution < -0.4 is 75.3 Å². The first kappa shape index (κ1) is 84.1. The van der Waals surface area contributed by atoms with Crippen LogP contribution in [0, 0.1) is 5.92 Å². The SMILES string of the molecule is CCC(C)C1NC(=O)C(Cc2ccc(O)cc2)NC(=O)C(CO)NC(=O)C(CCCN)NC(=O)C(Cc2ccc(O)cc2)NC(=O)C(C(C)O)NC(=O)C(CCC(=O)O)NC(=O)C(C)NC(=O)C(NC(=O)C(Cc2ccc(O)cc2)NC(=O)C(CCC(N)=O)NC(=O)C2CCCN2)CC(O)COC1=O. The Hall–Kier alpha value is -10.6. The van der Waals surface area contributed by atoms with Crippen molar-refractivity contribution in [1.82, 2.24) is 63.8 Å². The molecule has 0 radical (unpaired) electrons. The van der Waals surface area contributed by atoms with E-state index in [4.69, 9.17) is 16.2 Å². The van der Waals surface area contributed by atoms with Gasteiger partial charge in [-0.2, -0.15) is 0 Å². The molecule has 3 aromatic rings. The van der Waals surface area contributed by atoms with Crippen molar-refractivity contribution in [3.63, 3.8) is 0 Å². The number of primary amides is 1. The molecule has 15 unspecified atom stereocenters. The van der Waals surface area contributed by atoms with Crippen LogP contribution in [-0.4, -0.2) is 230 Å². The summed E-state index contributed by atoms with van der Waals surface area (Å²) in [6.07, 6.45) is -7.10. The van der Waals surface area contributed by atoms with Crippen LogP contribution in [0.15, 0.2) is 72.8 Å². The van der Waals surface area contributed by atoms with Crippen LogP contribution in [-0.2, 0) is 91.1 Å². The van der Waals surface area contributed by atoms with Crippen molar-refractivity contribution < 1.29 is 108 Å². The van der Waals surface area contributed by atoms with E-state index in [-0.39, 0.29) is 55.9 Å². The highest BCUT2D eigenvalue weighted by Crippen LogP contribution is 2.19. The molecule has 15 atom stereocenters. The Balaban J connectivity index is 1.61. The summed E-state index contributed by atoms with van der Waals surface area (Å²) in [4.78, 5) is 196. The number of nitrogens with two attached hydrogens (primary N) is 2. The van der Waals surface area contributed by atoms with Crippen LogP contribution in [0.5, 0.6) is 17.2 Å². The molecule has 3 aromatic carbocycles. The largest absolute Gasteiger partial charge is 0.508 e. The Morgan fingerprint density at radius 3 is 1.63 bits per heavy atom. The number of phenols is 3. The number of ether oxygens (including phenoxy) is 1. The molecule has 2 heterocycles. The standard InChI is InChI=1S/C68H96N14O22/c1-5-34(2)55-68(103)104-33-43(88)31-51(78-64(99)48(28-37-10-16-40(85)17-11-37)76-60(95)46(22-24-53(70)89)75-58(93)44-9-7-27-71-44)62(97)72-35(3)57(92)73-47(23-25-54(90)91)61(96)82-56(36(4)84)67(102)79-49(29-38-12-18-41(86)19-13-38)63(98)74-45(8-6-26-69)59(94)80-52(32-83)66(101)77-50(65(100)81-55)30-39-14-20-42(87)21-15-39/h10-21,34-36,43-52,55-56,71,83-88H,5-9,22-33,69H2,1-4H3,(H2,70,89)(H,72,97)(H,73,92)(H,74,98)(H,75,93)(H,76,95)(H,77,101)(H,78,99)(H,79,102)(H,80,94)(H,81,100)(H,82,96)(H,90,91). The number of carbonyl (C=O) groups is 14. The van der Waals surface area contributed by atoms with Crippen LogP contribution in [0.3, 0.4) is 0 Å². The number of cyclic esters (lactones) is 1. The maximum absolute atomic E-state index is 14.8. The molecule has 36 heteroatoms. The number of aliphatic carboxylic acids is 1. The van der Waals surface area contributed by atoms with E-state index < -0.39 is 225 Å². The number of carbonyl (C=O) groups excluding carboxylic acids is 13. The lowest BCUT2D eigenvalue weighted by Crippen LogP contribution is -2.62. The molecule has 2 aliphatic rings. The Bertz CT molecular complexity index is 3470. The van der Waals surface area contributed by atoms with Crippen molar-refractivity contribution in [2.24, 2.45) is 17.4 Å². The molecule has 23 N–H and O–H groups in total. The second kappa shape index (κ2) is 41.5. The Morgan fingerprint density at radius 1 is 0.606 bits per heavy atom. The summed E-state index contributed by atoms with van der Waals surface area (Å²) in [7, 11) is 0. The van der Waals surface area contributed by atoms with Crippen LogP contribution in [0.4, 0.5) is 0 Å². The zero-order valence-corrected chi connectivity index (χ0v) is 58.0. The monoisotopic (exact) mass is 1460 g/mol. The lowest BCUT2D eigenvalue weighted by atomic mass is 9.97. The van der Waals surface area contributed by atoms with Gasteiger partial charge in [0, 0.05) is 38.5 Å². The number of aromatic hydroxyl groups is 3. The summed E-state index contributed by atoms with van der Waals surface area (Å²) in [6, 6.07) is -4.10. The number of hydrogen-bond donors (Lipinski definition) is 21. The van der Waals surface area contributed by atoms with E-state index in [9.17, 15) is 103 Å². The third kappa shape index (κ3) is 27.3. The lowest BCUT2D eigenvalue weighted by molar-refractivity contribution is -0.153. The molecule has 36 nitrogen and oxygen atoms in total. The minimum atomic E-state index is -2.02. The van der Waals surface area contributed by atoms with Crippen LogP contribution in [0.2, 0.25) is 0 Å². The van der Waals surface area contributed by atoms with Crippen LogP contribution >= 0.6 is 0 Å². The third-order valence-electron chi connectivity index (χ3n) is 17.3. The van der Waals surface area contributed by atoms with Gasteiger partial charge in [-0.15, -0.1) is 0 Å². The van der Waals surface area contributed by atoms with Crippen molar-refractivity contribution in [3.05, 3.63) is 89.5 Å². The second-order valence-electron chi connectivity index (χ2n) is 25.6. The molecule has 0 saturated carbocycles. The number of amides is 12. The Morgan fingerprint density at radius 2 is 1.11 bits per heavy atom. The molecule has 2 aliphatic heterocycles. The van der Waals surface area contributed by atoms with Crippen molar-refractivity contribution >= 4 is 82.8 Å². The summed E-state index contributed by atoms with van der Waals surface area (Å²) in [5.41, 5.74) is 12.2. The molecule has 0 bridgehead atoms. The first-order chi connectivity index (χ1) is 49.3. The molecular formula is C68H96N14O22. The molecule has 570 valence electrons. The van der Waals surface area contributed by atoms with E-state index >= 15 is 0 Å². The number of hydrogen-bond acceptors (Lipinski definition) is 23. The van der Waals surface area contributed by atoms with Gasteiger partial charge in [0.25, 0.3) is 0 Å². The molecule has 2 fully saturated rings. The maximum Gasteiger partial charge on any atom is 0.329 e. The summed E-state index contributed by atoms with van der Waals surface area (Å²) in [6.45, 7) is 3.65. The molecule has 12 amide bonds. The van der Waals surface area contributed by atoms with Gasteiger partial charge in [0.1, 0.15) is 90.3 Å². The second-order valence-corrected chi connectivity index (χ2v) is 25.6. The smallest absolute Gasteiger partial charge is 0.329 e. The minimum absolute atomic E-state index is 0.0447. The fourth-order valence-electron chi connectivity index (χ4n) is 11.0. The first-order valence-corrected chi connectivity index (χ1v) is 34.0. The predicted octanol–water partition coefficient (Wildman–Crippen LogP) is -5.47. The molecule has 0 aromatic heterocycles. The van der Waals surface area contributed by atoms with Crippen LogP contribution in [0.1, 0.15) is 109 Å². The molecular weight excluding hydrogens is 1360 g/mol. The maximum atomic E-state index is 14.8. The number of phenolic OH excluding ortho intramolecular Hbond substituents is 3. The van der Waals surface area contributed by atoms with Gasteiger partial charge in [0.2, 0.25) is 70.9 Å². The molecule has 0 spiro atoms. The van der Waals surface area contributed by atoms with E-state index in [0.717, 1.165) is 13.8 Å². The number of nitrogens with one attached hydrogen (secondary N) is 12. The Labute approximate surface area is 598 Å². The van der Waals surface area contributed by atoms with Crippen molar-refractivity contribution in [3.8, 4) is 17.2 Å². The number of aliphatic hydroxyl groups is 3. The minimum Gasteiger partial charge on any atom is -0.508 e. The molecule has 104 heavy (non-hydrogen) atoms. The highest BCUT2D eigenvalue weighted by molar-refractivity contribution is 6.00. The Kier molecular flexibility index (Phi) is 33.6. The topological polar surface area (TPSA) is 586 Å². The normalized spacial score (nSPS) is 24.4. The quantitative estimate of drug-likeness (QED) is 0.0352. The summed E-state index contributed by atoms with van der Waals surface area (Å²) in [5.74, 6) is -17.1. The number of rotatable bonds is 25. The highest BCUT2D eigenvalue weighted by atomic mass is 16.5. The number of benzene rings is 3. The van der Waals surface area contributed by atoms with E-state index in [1.54, 1.807) is 6.92 Å². The van der Waals surface area contributed by atoms with Crippen molar-refractivity contribution in [2.75, 3.05) is 26.3 Å². The molecule has 5 rings (SSSR count). The van der Waals surface area contributed by atoms with Gasteiger partial charge in [-0.05, 0) is 124 Å². The number of esters is 1. The molecule has 2 saturated heterocycles. The zero-order valence-electron chi connectivity index (χ0n) is 58.0. The zero-order chi connectivity index (χ0) is 76.9. The van der Waals surface area contributed by atoms with Gasteiger partial charge < -0.3 is 116 Å². The van der Waals surface area contributed by atoms with Gasteiger partial charge in [-0.25, -0.2) is 4.79 Å². The highest BCUT2D eigenvalue weighted by Gasteiger charge is 2.39. The first-order valence-electron chi connectivity index (χ1n) is 34.0. The number of carboxylic acids is 1. The summed E-state index contributed by atoms with van der Waals surface area (Å²) in [5, 5.41) is 103. The van der Waals surface area contributed by atoms with Gasteiger partial charge >= 0.3 is 11.9 Å². The van der Waals surface area contributed by atoms with E-state index in [2.05, 4.69) is 63.8 Å². The fourth-order valence-corrected chi connectivity index (χ4v) is 11.0. The van der Waals surface area contributed by atoms with Crippen molar-refractivity contribution in [1.29, 1.82) is 0 Å². The fraction of sp³-hybridized carbons (Fsp3) is 0.529. The van der Waals surface area contributed by atoms with Crippen molar-refractivity contribution in [2.45, 2.75) is 196 Å². The average molecular weight is 1460 g/mol. The third-order valence-corrected chi connectivity index (χ3v) is 17.3. The van der Waals surface area contributed by atoms with Gasteiger partial charge in [0.15, 0.2) is 0 Å². The summed E-state index contributed by atoms with van der Waals surface area (Å²) >= 11 is 0. The summed E-state index contributed by atoms with van der Waals surface area (Å²) < 4.78 is 5.57. The van der Waals surface area contributed by atoms with Gasteiger partial charge in [-0.1, -0.05) is 56.7 Å². The lowest BCUT2D eigenvalue weighted by Gasteiger charge is -2.29. The number of aliphatic hydroxyl groups excluding tert-OH is 3. The van der Waals surface area contributed by atoms with E-state index in [1.807, 2.05) is 0 Å². The van der Waals surface area contributed by atoms with E-state index in [0.29, 0.717) is 36.1 Å². The average Bonchev–Trinajstić information content (AvgIpc) is 0.873. The molecule has 0 aliphatic carbocycles. The van der Waals surface area contributed by atoms with Crippen LogP contribution in [0.25, 0.3) is 0 Å². The van der Waals surface area contributed by atoms with Gasteiger partial charge in [-0.3, -0.25) is 62.3 Å².